The van der Waals surface area contributed by atoms with Gasteiger partial charge in [0, 0.05) is 17.2 Å². The summed E-state index contributed by atoms with van der Waals surface area (Å²) in [6.45, 7) is 3.40. The van der Waals surface area contributed by atoms with Gasteiger partial charge in [-0.3, -0.25) is 0 Å². The van der Waals surface area contributed by atoms with Crippen molar-refractivity contribution in [1.82, 2.24) is 0 Å². The number of halogens is 1. The van der Waals surface area contributed by atoms with Gasteiger partial charge in [-0.2, -0.15) is 0 Å². The molecule has 0 aromatic heterocycles. The molecule has 0 radical (unpaired) electrons. The Morgan fingerprint density at radius 2 is 1.96 bits per heavy atom. The molecule has 1 heterocycles. The standard InChI is InChI=1S/C19H22ClNO2/c20-17-9-7-15(8-10-17)14-23-19-6-2-1-4-16(19)12-21-13-18-5-3-11-22-18/h1-2,4,6-10,18,21H,3,5,11-14H2/p+1/t18-/m1/s1. The van der Waals surface area contributed by atoms with E-state index in [9.17, 15) is 0 Å². The predicted molar refractivity (Wildman–Crippen MR) is 91.7 cm³/mol. The van der Waals surface area contributed by atoms with Crippen LogP contribution in [0.25, 0.3) is 0 Å². The van der Waals surface area contributed by atoms with Crippen LogP contribution in [-0.2, 0) is 17.9 Å². The van der Waals surface area contributed by atoms with Crippen molar-refractivity contribution in [2.75, 3.05) is 13.2 Å². The first-order valence-corrected chi connectivity index (χ1v) is 8.57. The van der Waals surface area contributed by atoms with Crippen LogP contribution in [0, 0.1) is 0 Å². The molecule has 1 aliphatic rings. The maximum Gasteiger partial charge on any atom is 0.128 e. The van der Waals surface area contributed by atoms with Gasteiger partial charge in [-0.05, 0) is 42.7 Å². The van der Waals surface area contributed by atoms with Crippen molar-refractivity contribution in [1.29, 1.82) is 0 Å². The Bertz CT molecular complexity index is 609. The minimum absolute atomic E-state index is 0.414. The molecule has 3 rings (SSSR count). The number of benzene rings is 2. The topological polar surface area (TPSA) is 35.1 Å². The molecule has 0 spiro atoms. The SMILES string of the molecule is Clc1ccc(COc2ccccc2C[NH2+]C[C@H]2CCCO2)cc1. The minimum Gasteiger partial charge on any atom is -0.488 e. The molecule has 0 bridgehead atoms. The second kappa shape index (κ2) is 8.34. The van der Waals surface area contributed by atoms with E-state index in [1.807, 2.05) is 36.4 Å². The first-order valence-electron chi connectivity index (χ1n) is 8.19. The van der Waals surface area contributed by atoms with Crippen molar-refractivity contribution < 1.29 is 14.8 Å². The van der Waals surface area contributed by atoms with Crippen LogP contribution in [0.5, 0.6) is 5.75 Å². The Kier molecular flexibility index (Phi) is 5.92. The lowest BCUT2D eigenvalue weighted by molar-refractivity contribution is -0.676. The van der Waals surface area contributed by atoms with Crippen LogP contribution in [-0.4, -0.2) is 19.3 Å². The second-order valence-electron chi connectivity index (χ2n) is 5.89. The van der Waals surface area contributed by atoms with E-state index in [4.69, 9.17) is 21.1 Å². The molecule has 0 saturated carbocycles. The molecule has 0 amide bonds. The number of hydrogen-bond donors (Lipinski definition) is 1. The first-order chi connectivity index (χ1) is 11.3. The molecule has 2 aromatic rings. The number of rotatable bonds is 7. The summed E-state index contributed by atoms with van der Waals surface area (Å²) < 4.78 is 11.7. The average molecular weight is 333 g/mol. The van der Waals surface area contributed by atoms with Gasteiger partial charge in [0.2, 0.25) is 0 Å². The van der Waals surface area contributed by atoms with Crippen LogP contribution in [0.4, 0.5) is 0 Å². The van der Waals surface area contributed by atoms with E-state index in [0.29, 0.717) is 12.7 Å². The van der Waals surface area contributed by atoms with E-state index in [1.54, 1.807) is 0 Å². The number of nitrogens with two attached hydrogens (primary N) is 1. The zero-order valence-electron chi connectivity index (χ0n) is 13.2. The number of hydrogen-bond acceptors (Lipinski definition) is 2. The molecule has 1 fully saturated rings. The molecule has 0 aliphatic carbocycles. The van der Waals surface area contributed by atoms with Gasteiger partial charge in [0.15, 0.2) is 0 Å². The second-order valence-corrected chi connectivity index (χ2v) is 6.32. The van der Waals surface area contributed by atoms with Gasteiger partial charge in [-0.1, -0.05) is 35.9 Å². The fourth-order valence-electron chi connectivity index (χ4n) is 2.81. The van der Waals surface area contributed by atoms with Gasteiger partial charge in [-0.15, -0.1) is 0 Å². The molecular weight excluding hydrogens is 310 g/mol. The Balaban J connectivity index is 1.53. The van der Waals surface area contributed by atoms with Crippen LogP contribution in [0.15, 0.2) is 48.5 Å². The molecular formula is C19H23ClNO2+. The molecule has 4 heteroatoms. The highest BCUT2D eigenvalue weighted by atomic mass is 35.5. The molecule has 1 saturated heterocycles. The summed E-state index contributed by atoms with van der Waals surface area (Å²) in [6, 6.07) is 16.0. The van der Waals surface area contributed by atoms with Gasteiger partial charge in [0.05, 0.1) is 0 Å². The zero-order chi connectivity index (χ0) is 15.9. The average Bonchev–Trinajstić information content (AvgIpc) is 3.09. The highest BCUT2D eigenvalue weighted by Crippen LogP contribution is 2.19. The molecule has 3 nitrogen and oxygen atoms in total. The van der Waals surface area contributed by atoms with Crippen molar-refractivity contribution >= 4 is 11.6 Å². The lowest BCUT2D eigenvalue weighted by atomic mass is 10.2. The minimum atomic E-state index is 0.414. The Labute approximate surface area is 142 Å². The summed E-state index contributed by atoms with van der Waals surface area (Å²) in [4.78, 5) is 0. The molecule has 1 aliphatic heterocycles. The Morgan fingerprint density at radius 1 is 1.13 bits per heavy atom. The van der Waals surface area contributed by atoms with Crippen LogP contribution in [0.1, 0.15) is 24.0 Å². The molecule has 0 unspecified atom stereocenters. The lowest BCUT2D eigenvalue weighted by Gasteiger charge is -2.12. The molecule has 122 valence electrons. The number of para-hydroxylation sites is 1. The van der Waals surface area contributed by atoms with Crippen molar-refractivity contribution in [3.63, 3.8) is 0 Å². The fraction of sp³-hybridized carbons (Fsp3) is 0.368. The fourth-order valence-corrected chi connectivity index (χ4v) is 2.94. The van der Waals surface area contributed by atoms with E-state index in [1.165, 1.54) is 18.4 Å². The highest BCUT2D eigenvalue weighted by molar-refractivity contribution is 6.30. The number of ether oxygens (including phenoxy) is 2. The van der Waals surface area contributed by atoms with E-state index >= 15 is 0 Å². The summed E-state index contributed by atoms with van der Waals surface area (Å²) in [5.74, 6) is 0.950. The van der Waals surface area contributed by atoms with Crippen molar-refractivity contribution in [3.05, 3.63) is 64.7 Å². The smallest absolute Gasteiger partial charge is 0.128 e. The Hall–Kier alpha value is -1.55. The van der Waals surface area contributed by atoms with E-state index in [0.717, 1.165) is 36.0 Å². The highest BCUT2D eigenvalue weighted by Gasteiger charge is 2.17. The van der Waals surface area contributed by atoms with E-state index < -0.39 is 0 Å². The summed E-state index contributed by atoms with van der Waals surface area (Å²) in [5.41, 5.74) is 2.34. The summed E-state index contributed by atoms with van der Waals surface area (Å²) in [5, 5.41) is 3.05. The summed E-state index contributed by atoms with van der Waals surface area (Å²) >= 11 is 5.91. The van der Waals surface area contributed by atoms with Gasteiger partial charge in [0.1, 0.15) is 31.5 Å². The van der Waals surface area contributed by atoms with Gasteiger partial charge >= 0.3 is 0 Å². The lowest BCUT2D eigenvalue weighted by Crippen LogP contribution is -2.84. The van der Waals surface area contributed by atoms with Gasteiger partial charge < -0.3 is 14.8 Å². The van der Waals surface area contributed by atoms with E-state index in [2.05, 4.69) is 17.4 Å². The third kappa shape index (κ3) is 4.96. The van der Waals surface area contributed by atoms with Gasteiger partial charge in [0.25, 0.3) is 0 Å². The van der Waals surface area contributed by atoms with Crippen molar-refractivity contribution in [3.8, 4) is 5.75 Å². The molecule has 1 atom stereocenters. The third-order valence-corrected chi connectivity index (χ3v) is 4.35. The third-order valence-electron chi connectivity index (χ3n) is 4.10. The quantitative estimate of drug-likeness (QED) is 0.845. The maximum absolute atomic E-state index is 5.99. The summed E-state index contributed by atoms with van der Waals surface area (Å²) in [7, 11) is 0. The van der Waals surface area contributed by atoms with Crippen molar-refractivity contribution in [2.24, 2.45) is 0 Å². The maximum atomic E-state index is 5.99. The largest absolute Gasteiger partial charge is 0.488 e. The normalized spacial score (nSPS) is 17.3. The van der Waals surface area contributed by atoms with Crippen LogP contribution in [0.2, 0.25) is 5.02 Å². The monoisotopic (exact) mass is 332 g/mol. The van der Waals surface area contributed by atoms with Gasteiger partial charge in [-0.25, -0.2) is 0 Å². The molecule has 2 aromatic carbocycles. The first kappa shape index (κ1) is 16.3. The molecule has 2 N–H and O–H groups in total. The van der Waals surface area contributed by atoms with Crippen molar-refractivity contribution in [2.45, 2.75) is 32.1 Å². The summed E-state index contributed by atoms with van der Waals surface area (Å²) in [6.07, 6.45) is 2.79. The Morgan fingerprint density at radius 3 is 2.74 bits per heavy atom. The zero-order valence-corrected chi connectivity index (χ0v) is 14.0. The van der Waals surface area contributed by atoms with Crippen LogP contribution in [0.3, 0.4) is 0 Å². The van der Waals surface area contributed by atoms with Crippen LogP contribution >= 0.6 is 11.6 Å². The molecule has 23 heavy (non-hydrogen) atoms. The van der Waals surface area contributed by atoms with Crippen LogP contribution < -0.4 is 10.1 Å². The van der Waals surface area contributed by atoms with E-state index in [-0.39, 0.29) is 0 Å². The predicted octanol–water partition coefficient (Wildman–Crippen LogP) is 3.16. The number of quaternary nitrogens is 1.